The van der Waals surface area contributed by atoms with Crippen LogP contribution in [0.4, 0.5) is 0 Å². The van der Waals surface area contributed by atoms with Crippen molar-refractivity contribution in [1.29, 1.82) is 0 Å². The number of carboxylic acid groups (broad SMARTS) is 1. The van der Waals surface area contributed by atoms with Gasteiger partial charge in [-0.3, -0.25) is 38.7 Å². The van der Waals surface area contributed by atoms with Crippen molar-refractivity contribution in [2.45, 2.75) is 102 Å². The first-order valence-corrected chi connectivity index (χ1v) is 26.9. The van der Waals surface area contributed by atoms with Crippen molar-refractivity contribution in [1.82, 2.24) is 18.8 Å². The van der Waals surface area contributed by atoms with E-state index in [1.54, 1.807) is 162 Å². The topological polar surface area (TPSA) is 215 Å². The maximum Gasteiger partial charge on any atom is 1.00 e. The summed E-state index contributed by atoms with van der Waals surface area (Å²) in [6.45, 7) is 20.0. The zero-order chi connectivity index (χ0) is 58.5. The third-order valence-electron chi connectivity index (χ3n) is 13.4. The summed E-state index contributed by atoms with van der Waals surface area (Å²) in [4.78, 5) is 89.8. The molecular formula is C64H67Cl2N4NaO11. The van der Waals surface area contributed by atoms with Crippen LogP contribution in [0.1, 0.15) is 151 Å². The molecule has 0 saturated heterocycles. The number of nitrogens with zero attached hydrogens (tertiary/aromatic N) is 4. The Morgan fingerprint density at radius 3 is 1.26 bits per heavy atom. The SMILES string of the molecule is CC(C)(C)C(=O)c1c(CC(C)(C)C(=O)O)c(C(=O)c2ccc(Cl)cc2)n2ccc(OCc3ccccn3)cc12.CCOC(=O)C(C)(C)Cc1c(C(=O)C(C)(C)C)c2cc(OCc3ccccn3)ccn2c1C(=O)c1ccc(Cl)cc1.[Na+].[OH-]. The van der Waals surface area contributed by atoms with Crippen molar-refractivity contribution in [3.63, 3.8) is 0 Å². The molecule has 6 heterocycles. The number of aliphatic carboxylic acids is 1. The van der Waals surface area contributed by atoms with Crippen LogP contribution in [0.5, 0.6) is 11.5 Å². The van der Waals surface area contributed by atoms with Crippen LogP contribution in [-0.4, -0.2) is 71.0 Å². The van der Waals surface area contributed by atoms with Crippen molar-refractivity contribution in [2.75, 3.05) is 6.61 Å². The number of pyridine rings is 4. The molecule has 18 heteroatoms. The minimum atomic E-state index is -1.24. The molecule has 0 amide bonds. The molecule has 0 aliphatic heterocycles. The van der Waals surface area contributed by atoms with E-state index < -0.39 is 33.6 Å². The number of benzene rings is 2. The number of hydrogen-bond donors (Lipinski definition) is 1. The molecule has 0 atom stereocenters. The van der Waals surface area contributed by atoms with Crippen molar-refractivity contribution < 1.29 is 83.1 Å². The van der Waals surface area contributed by atoms with Gasteiger partial charge in [-0.2, -0.15) is 0 Å². The van der Waals surface area contributed by atoms with E-state index in [1.165, 1.54) is 0 Å². The summed E-state index contributed by atoms with van der Waals surface area (Å²) >= 11 is 12.1. The molecule has 82 heavy (non-hydrogen) atoms. The van der Waals surface area contributed by atoms with Gasteiger partial charge in [0.25, 0.3) is 0 Å². The van der Waals surface area contributed by atoms with Crippen molar-refractivity contribution >= 4 is 69.3 Å². The first kappa shape index (κ1) is 65.8. The van der Waals surface area contributed by atoms with Gasteiger partial charge in [0.15, 0.2) is 11.6 Å². The number of rotatable bonds is 19. The maximum absolute atomic E-state index is 14.1. The van der Waals surface area contributed by atoms with Crippen LogP contribution in [0.2, 0.25) is 10.0 Å². The Bertz CT molecular complexity index is 3620. The van der Waals surface area contributed by atoms with Gasteiger partial charge in [-0.15, -0.1) is 0 Å². The fraction of sp³-hybridized carbons (Fsp3) is 0.312. The molecule has 2 aromatic carbocycles. The van der Waals surface area contributed by atoms with Crippen LogP contribution in [0, 0.1) is 21.7 Å². The normalized spacial score (nSPS) is 11.6. The van der Waals surface area contributed by atoms with Gasteiger partial charge in [-0.05, 0) is 144 Å². The Hall–Kier alpha value is -6.98. The van der Waals surface area contributed by atoms with Crippen LogP contribution in [0.25, 0.3) is 11.0 Å². The molecule has 8 aromatic rings. The van der Waals surface area contributed by atoms with Gasteiger partial charge >= 0.3 is 41.5 Å². The molecule has 15 nitrogen and oxygen atoms in total. The number of Topliss-reactive ketones (excluding diaryl/α,β-unsaturated/α-hetero) is 2. The molecule has 0 fully saturated rings. The van der Waals surface area contributed by atoms with Crippen molar-refractivity contribution in [3.05, 3.63) is 200 Å². The summed E-state index contributed by atoms with van der Waals surface area (Å²) in [6.07, 6.45) is 6.88. The number of ether oxygens (including phenoxy) is 3. The van der Waals surface area contributed by atoms with E-state index in [0.29, 0.717) is 71.7 Å². The number of aromatic nitrogens is 4. The predicted octanol–water partition coefficient (Wildman–Crippen LogP) is 10.7. The molecule has 0 bridgehead atoms. The summed E-state index contributed by atoms with van der Waals surface area (Å²) in [5.41, 5.74) is 1.59. The van der Waals surface area contributed by atoms with Crippen LogP contribution >= 0.6 is 23.2 Å². The predicted molar refractivity (Wildman–Crippen MR) is 310 cm³/mol. The first-order valence-electron chi connectivity index (χ1n) is 26.1. The van der Waals surface area contributed by atoms with Gasteiger partial charge in [0.05, 0.1) is 51.2 Å². The standard InChI is InChI=1S/C33H35ClN2O5.C31H31ClN2O5.Na.H2O/c1-7-40-31(39)33(5,6)19-25-27(30(38)32(2,3)4)26-18-24(41-20-23-10-8-9-16-35-23)15-17-36(26)28(25)29(37)21-11-13-22(34)14-12-21;1-30(2,3)28(36)25-23(17-31(4,5)29(37)38)26(27(35)19-9-11-20(32)12-10-19)34-15-13-22(16-24(25)34)39-18-21-8-6-7-14-33-21;;/h8-18H,7,19-20H2,1-6H3;6-16H,17-18H2,1-5H3,(H,37,38);;1H2/q;;+1;/p-1. The molecule has 8 rings (SSSR count). The average Bonchev–Trinajstić information content (AvgIpc) is 3.56. The number of esters is 1. The fourth-order valence-electron chi connectivity index (χ4n) is 8.96. The van der Waals surface area contributed by atoms with E-state index in [4.69, 9.17) is 37.4 Å². The first-order chi connectivity index (χ1) is 37.6. The Kier molecular flexibility index (Phi) is 21.6. The second-order valence-electron chi connectivity index (χ2n) is 22.8. The van der Waals surface area contributed by atoms with Gasteiger partial charge in [-0.1, -0.05) is 76.9 Å². The molecular weight excluding hydrogens is 1090 g/mol. The maximum atomic E-state index is 14.1. The Labute approximate surface area is 509 Å². The summed E-state index contributed by atoms with van der Waals surface area (Å²) in [6, 6.07) is 31.1. The van der Waals surface area contributed by atoms with E-state index >= 15 is 0 Å². The Morgan fingerprint density at radius 1 is 0.549 bits per heavy atom. The summed E-state index contributed by atoms with van der Waals surface area (Å²) in [5, 5.41) is 10.9. The van der Waals surface area contributed by atoms with Crippen molar-refractivity contribution in [2.24, 2.45) is 21.7 Å². The van der Waals surface area contributed by atoms with E-state index in [-0.39, 0.29) is 96.5 Å². The smallest absolute Gasteiger partial charge is 0.870 e. The van der Waals surface area contributed by atoms with E-state index in [9.17, 15) is 33.9 Å². The fourth-order valence-corrected chi connectivity index (χ4v) is 9.21. The summed E-state index contributed by atoms with van der Waals surface area (Å²) in [5.74, 6) is -1.41. The Morgan fingerprint density at radius 2 is 0.927 bits per heavy atom. The third kappa shape index (κ3) is 15.2. The van der Waals surface area contributed by atoms with Crippen LogP contribution in [-0.2, 0) is 40.4 Å². The molecule has 0 unspecified atom stereocenters. The van der Waals surface area contributed by atoms with Gasteiger partial charge in [0.1, 0.15) is 24.7 Å². The zero-order valence-corrected chi connectivity index (χ0v) is 51.9. The van der Waals surface area contributed by atoms with E-state index in [2.05, 4.69) is 9.97 Å². The monoisotopic (exact) mass is 1160 g/mol. The second-order valence-corrected chi connectivity index (χ2v) is 23.7. The number of ketones is 4. The molecule has 0 aliphatic carbocycles. The third-order valence-corrected chi connectivity index (χ3v) is 13.9. The summed E-state index contributed by atoms with van der Waals surface area (Å²) < 4.78 is 20.8. The molecule has 2 N–H and O–H groups in total. The Balaban J connectivity index is 0.000000294. The summed E-state index contributed by atoms with van der Waals surface area (Å²) in [7, 11) is 0. The molecule has 0 saturated carbocycles. The van der Waals surface area contributed by atoms with E-state index in [0.717, 1.165) is 11.4 Å². The largest absolute Gasteiger partial charge is 1.00 e. The quantitative estimate of drug-likeness (QED) is 0.0454. The molecule has 6 aromatic heterocycles. The molecule has 0 spiro atoms. The van der Waals surface area contributed by atoms with E-state index in [1.807, 2.05) is 57.2 Å². The second kappa shape index (κ2) is 26.9. The average molecular weight is 1160 g/mol. The minimum Gasteiger partial charge on any atom is -0.870 e. The van der Waals surface area contributed by atoms with Crippen LogP contribution in [0.3, 0.4) is 0 Å². The number of halogens is 2. The molecule has 0 aliphatic rings. The van der Waals surface area contributed by atoms with Crippen LogP contribution < -0.4 is 39.0 Å². The molecule has 424 valence electrons. The zero-order valence-electron chi connectivity index (χ0n) is 48.4. The number of hydrogen-bond acceptors (Lipinski definition) is 12. The number of fused-ring (bicyclic) bond motifs is 2. The van der Waals surface area contributed by atoms with Crippen LogP contribution in [0.15, 0.2) is 134 Å². The number of carboxylic acids is 1. The number of carbonyl (C=O) groups excluding carboxylic acids is 5. The van der Waals surface area contributed by atoms with Gasteiger partial charge in [0, 0.05) is 80.0 Å². The number of carbonyl (C=O) groups is 6. The van der Waals surface area contributed by atoms with Gasteiger partial charge < -0.3 is 33.6 Å². The van der Waals surface area contributed by atoms with Crippen molar-refractivity contribution in [3.8, 4) is 11.5 Å². The van der Waals surface area contributed by atoms with Gasteiger partial charge in [0.2, 0.25) is 11.6 Å². The molecule has 0 radical (unpaired) electrons. The minimum absolute atomic E-state index is 0. The van der Waals surface area contributed by atoms with Gasteiger partial charge in [-0.25, -0.2) is 0 Å².